The van der Waals surface area contributed by atoms with E-state index < -0.39 is 17.4 Å². The van der Waals surface area contributed by atoms with Crippen LogP contribution >= 0.6 is 11.3 Å². The summed E-state index contributed by atoms with van der Waals surface area (Å²) in [6.45, 7) is 9.30. The van der Waals surface area contributed by atoms with Crippen molar-refractivity contribution in [2.75, 3.05) is 19.6 Å². The fraction of sp³-hybridized carbons (Fsp3) is 0.652. The van der Waals surface area contributed by atoms with Crippen LogP contribution in [0.25, 0.3) is 0 Å². The van der Waals surface area contributed by atoms with Crippen LogP contribution in [0.15, 0.2) is 12.2 Å². The Hall–Kier alpha value is -2.06. The van der Waals surface area contributed by atoms with Gasteiger partial charge in [-0.15, -0.1) is 11.3 Å². The van der Waals surface area contributed by atoms with Gasteiger partial charge in [-0.1, -0.05) is 12.2 Å². The summed E-state index contributed by atoms with van der Waals surface area (Å²) >= 11 is 1.49. The zero-order valence-corrected chi connectivity index (χ0v) is 19.3. The molecule has 1 aromatic heterocycles. The van der Waals surface area contributed by atoms with Gasteiger partial charge in [-0.3, -0.25) is 14.4 Å². The number of ketones is 1. The molecule has 0 saturated carbocycles. The molecule has 1 aromatic rings. The van der Waals surface area contributed by atoms with Gasteiger partial charge in [0.2, 0.25) is 11.8 Å². The van der Waals surface area contributed by atoms with Gasteiger partial charge in [-0.05, 0) is 33.6 Å². The van der Waals surface area contributed by atoms with Crippen molar-refractivity contribution in [3.8, 4) is 0 Å². The van der Waals surface area contributed by atoms with Gasteiger partial charge in [0.25, 0.3) is 0 Å². The Morgan fingerprint density at radius 1 is 1.29 bits per heavy atom. The molecule has 8 heteroatoms. The fourth-order valence-corrected chi connectivity index (χ4v) is 6.85. The summed E-state index contributed by atoms with van der Waals surface area (Å²) in [5.74, 6) is -0.417. The number of aromatic nitrogens is 1. The Kier molecular flexibility index (Phi) is 4.86. The van der Waals surface area contributed by atoms with Gasteiger partial charge < -0.3 is 14.5 Å². The SMILES string of the molecule is CC(=O)c1sc(C2CCN(C(=O)[C@@H]3[C@H]4C=C[C@@]5(CN(C(C)C)C(=O)[C@@H]35)O4)CC2)nc1C. The molecule has 7 nitrogen and oxygen atoms in total. The van der Waals surface area contributed by atoms with Crippen LogP contribution in [0.1, 0.15) is 59.9 Å². The van der Waals surface area contributed by atoms with Crippen LogP contribution in [0.5, 0.6) is 0 Å². The summed E-state index contributed by atoms with van der Waals surface area (Å²) in [5, 5.41) is 0.999. The average Bonchev–Trinajstić information content (AvgIpc) is 3.47. The number of ether oxygens (including phenoxy) is 1. The van der Waals surface area contributed by atoms with Crippen molar-refractivity contribution in [3.05, 3.63) is 27.7 Å². The molecule has 0 radical (unpaired) electrons. The summed E-state index contributed by atoms with van der Waals surface area (Å²) < 4.78 is 6.23. The molecule has 5 heterocycles. The molecule has 31 heavy (non-hydrogen) atoms. The van der Waals surface area contributed by atoms with E-state index in [1.807, 2.05) is 42.7 Å². The molecule has 2 bridgehead atoms. The first-order chi connectivity index (χ1) is 14.7. The summed E-state index contributed by atoms with van der Waals surface area (Å²) in [4.78, 5) is 47.6. The quantitative estimate of drug-likeness (QED) is 0.528. The van der Waals surface area contributed by atoms with Crippen LogP contribution in [-0.4, -0.2) is 69.8 Å². The molecular formula is C23H29N3O4S. The van der Waals surface area contributed by atoms with E-state index in [0.717, 1.165) is 28.4 Å². The summed E-state index contributed by atoms with van der Waals surface area (Å²) in [6, 6.07) is 0.0941. The highest BCUT2D eigenvalue weighted by atomic mass is 32.1. The second-order valence-electron chi connectivity index (χ2n) is 9.58. The van der Waals surface area contributed by atoms with Gasteiger partial charge in [-0.2, -0.15) is 0 Å². The minimum absolute atomic E-state index is 0.0402. The number of hydrogen-bond donors (Lipinski definition) is 0. The lowest BCUT2D eigenvalue weighted by molar-refractivity contribution is -0.144. The lowest BCUT2D eigenvalue weighted by Crippen LogP contribution is -2.48. The Bertz CT molecular complexity index is 977. The van der Waals surface area contributed by atoms with E-state index in [4.69, 9.17) is 4.74 Å². The van der Waals surface area contributed by atoms with Crippen molar-refractivity contribution >= 4 is 28.9 Å². The Balaban J connectivity index is 1.29. The third-order valence-corrected chi connectivity index (χ3v) is 8.75. The van der Waals surface area contributed by atoms with Gasteiger partial charge in [0.1, 0.15) is 5.60 Å². The summed E-state index contributed by atoms with van der Waals surface area (Å²) in [5.41, 5.74) is 0.170. The zero-order chi connectivity index (χ0) is 22.1. The zero-order valence-electron chi connectivity index (χ0n) is 18.5. The van der Waals surface area contributed by atoms with Crippen molar-refractivity contribution in [3.63, 3.8) is 0 Å². The second kappa shape index (κ2) is 7.24. The number of carbonyl (C=O) groups excluding carboxylic acids is 3. The van der Waals surface area contributed by atoms with E-state index >= 15 is 0 Å². The number of aryl methyl sites for hydroxylation is 1. The largest absolute Gasteiger partial charge is 0.360 e. The number of carbonyl (C=O) groups is 3. The van der Waals surface area contributed by atoms with Crippen LogP contribution in [0.2, 0.25) is 0 Å². The molecule has 0 unspecified atom stereocenters. The lowest BCUT2D eigenvalue weighted by atomic mass is 9.76. The maximum atomic E-state index is 13.5. The van der Waals surface area contributed by atoms with Gasteiger partial charge in [0, 0.05) is 32.0 Å². The third-order valence-electron chi connectivity index (χ3n) is 7.33. The van der Waals surface area contributed by atoms with E-state index in [0.29, 0.717) is 19.6 Å². The minimum atomic E-state index is -0.633. The van der Waals surface area contributed by atoms with Crippen molar-refractivity contribution in [1.29, 1.82) is 0 Å². The van der Waals surface area contributed by atoms with Crippen LogP contribution in [0.4, 0.5) is 0 Å². The molecule has 4 aliphatic rings. The predicted molar refractivity (Wildman–Crippen MR) is 116 cm³/mol. The van der Waals surface area contributed by atoms with E-state index in [1.165, 1.54) is 11.3 Å². The number of nitrogens with zero attached hydrogens (tertiary/aromatic N) is 3. The molecular weight excluding hydrogens is 414 g/mol. The first-order valence-electron chi connectivity index (χ1n) is 11.2. The fourth-order valence-electron chi connectivity index (χ4n) is 5.72. The molecule has 0 aromatic carbocycles. The Labute approximate surface area is 186 Å². The van der Waals surface area contributed by atoms with Gasteiger partial charge in [0.05, 0.1) is 40.1 Å². The number of amides is 2. The molecule has 5 rings (SSSR count). The van der Waals surface area contributed by atoms with E-state index in [1.54, 1.807) is 6.92 Å². The lowest BCUT2D eigenvalue weighted by Gasteiger charge is -2.35. The molecule has 0 N–H and O–H groups in total. The molecule has 4 aliphatic heterocycles. The smallest absolute Gasteiger partial charge is 0.230 e. The topological polar surface area (TPSA) is 79.8 Å². The number of thiazole rings is 1. The van der Waals surface area contributed by atoms with Crippen molar-refractivity contribution in [2.45, 2.75) is 64.2 Å². The number of piperidine rings is 1. The van der Waals surface area contributed by atoms with Gasteiger partial charge >= 0.3 is 0 Å². The van der Waals surface area contributed by atoms with Crippen LogP contribution in [-0.2, 0) is 14.3 Å². The standard InChI is InChI=1S/C23H29N3O4S/c1-12(2)26-11-23-8-5-16(30-23)17(18(23)22(26)29)21(28)25-9-6-15(7-10-25)20-24-13(3)19(31-20)14(4)27/h5,8,12,15-18H,6-7,9-11H2,1-4H3/t16-,17-,18-,23+/m1/s1. The number of likely N-dealkylation sites (tertiary alicyclic amines) is 2. The monoisotopic (exact) mass is 443 g/mol. The first-order valence-corrected chi connectivity index (χ1v) is 12.0. The summed E-state index contributed by atoms with van der Waals surface area (Å²) in [7, 11) is 0. The number of rotatable bonds is 4. The maximum absolute atomic E-state index is 13.5. The molecule has 3 fully saturated rings. The number of hydrogen-bond acceptors (Lipinski definition) is 6. The predicted octanol–water partition coefficient (Wildman–Crippen LogP) is 2.55. The van der Waals surface area contributed by atoms with E-state index in [-0.39, 0.29) is 35.7 Å². The highest BCUT2D eigenvalue weighted by molar-refractivity contribution is 7.13. The van der Waals surface area contributed by atoms with Crippen molar-refractivity contribution in [1.82, 2.24) is 14.8 Å². The number of Topliss-reactive ketones (excluding diaryl/α,β-unsaturated/α-hetero) is 1. The average molecular weight is 444 g/mol. The van der Waals surface area contributed by atoms with Crippen LogP contribution < -0.4 is 0 Å². The van der Waals surface area contributed by atoms with Crippen molar-refractivity contribution in [2.24, 2.45) is 11.8 Å². The first kappa shape index (κ1) is 20.8. The number of fused-ring (bicyclic) bond motifs is 1. The third kappa shape index (κ3) is 3.09. The molecule has 2 amide bonds. The minimum Gasteiger partial charge on any atom is -0.360 e. The van der Waals surface area contributed by atoms with Crippen LogP contribution in [0, 0.1) is 18.8 Å². The van der Waals surface area contributed by atoms with E-state index in [9.17, 15) is 14.4 Å². The van der Waals surface area contributed by atoms with Crippen LogP contribution in [0.3, 0.4) is 0 Å². The maximum Gasteiger partial charge on any atom is 0.230 e. The second-order valence-corrected chi connectivity index (χ2v) is 10.6. The van der Waals surface area contributed by atoms with E-state index in [2.05, 4.69) is 4.98 Å². The van der Waals surface area contributed by atoms with Gasteiger partial charge in [-0.25, -0.2) is 4.98 Å². The van der Waals surface area contributed by atoms with Crippen molar-refractivity contribution < 1.29 is 19.1 Å². The summed E-state index contributed by atoms with van der Waals surface area (Å²) in [6.07, 6.45) is 5.34. The van der Waals surface area contributed by atoms with Gasteiger partial charge in [0.15, 0.2) is 5.78 Å². The molecule has 0 aliphatic carbocycles. The molecule has 4 atom stereocenters. The molecule has 3 saturated heterocycles. The highest BCUT2D eigenvalue weighted by Crippen LogP contribution is 2.53. The Morgan fingerprint density at radius 3 is 2.61 bits per heavy atom. The highest BCUT2D eigenvalue weighted by Gasteiger charge is 2.67. The Morgan fingerprint density at radius 2 is 2.00 bits per heavy atom. The molecule has 1 spiro atoms. The molecule has 166 valence electrons. The normalized spacial score (nSPS) is 32.4.